The number of nitrogens with two attached hydrogens (primary N) is 2. The third-order valence-corrected chi connectivity index (χ3v) is 2.56. The van der Waals surface area contributed by atoms with E-state index in [1.807, 2.05) is 0 Å². The second kappa shape index (κ2) is 4.93. The molecule has 0 radical (unpaired) electrons. The summed E-state index contributed by atoms with van der Waals surface area (Å²) in [6.07, 6.45) is 1.52. The number of carbonyl (C=O) groups is 1. The average molecular weight is 261 g/mol. The topological polar surface area (TPSA) is 91.2 Å². The summed E-state index contributed by atoms with van der Waals surface area (Å²) in [5.74, 6) is -1.49. The van der Waals surface area contributed by atoms with Crippen LogP contribution in [0, 0.1) is 12.7 Å². The molecule has 2 aromatic rings. The van der Waals surface area contributed by atoms with Gasteiger partial charge in [0.15, 0.2) is 0 Å². The van der Waals surface area contributed by atoms with Crippen molar-refractivity contribution in [3.8, 4) is 11.6 Å². The summed E-state index contributed by atoms with van der Waals surface area (Å²) in [6, 6.07) is 5.46. The monoisotopic (exact) mass is 261 g/mol. The van der Waals surface area contributed by atoms with Gasteiger partial charge in [0.1, 0.15) is 17.1 Å². The van der Waals surface area contributed by atoms with E-state index in [1.165, 1.54) is 24.4 Å². The molecule has 6 heteroatoms. The van der Waals surface area contributed by atoms with E-state index < -0.39 is 11.7 Å². The van der Waals surface area contributed by atoms with Gasteiger partial charge in [-0.1, -0.05) is 6.07 Å². The number of hydrogen-bond acceptors (Lipinski definition) is 4. The Hall–Kier alpha value is -2.63. The second-order valence-corrected chi connectivity index (χ2v) is 3.96. The minimum Gasteiger partial charge on any atom is -0.438 e. The highest BCUT2D eigenvalue weighted by atomic mass is 19.1. The summed E-state index contributed by atoms with van der Waals surface area (Å²) < 4.78 is 18.9. The molecular formula is C13H12FN3O2. The number of rotatable bonds is 3. The Kier molecular flexibility index (Phi) is 3.33. The number of hydrogen-bond donors (Lipinski definition) is 2. The van der Waals surface area contributed by atoms with Crippen LogP contribution in [0.3, 0.4) is 0 Å². The molecule has 1 amide bonds. The smallest absolute Gasteiger partial charge is 0.255 e. The Morgan fingerprint density at radius 2 is 2.16 bits per heavy atom. The zero-order valence-corrected chi connectivity index (χ0v) is 10.2. The molecule has 0 aliphatic carbocycles. The number of pyridine rings is 1. The van der Waals surface area contributed by atoms with Gasteiger partial charge in [-0.15, -0.1) is 0 Å². The Labute approximate surface area is 109 Å². The molecule has 0 saturated heterocycles. The summed E-state index contributed by atoms with van der Waals surface area (Å²) in [5.41, 5.74) is 11.8. The largest absolute Gasteiger partial charge is 0.438 e. The molecule has 4 N–H and O–H groups in total. The molecule has 0 spiro atoms. The number of primary amides is 1. The number of aryl methyl sites for hydroxylation is 1. The SMILES string of the molecule is Cc1cnc(Oc2cccc(F)c2C(N)=O)cc1N. The van der Waals surface area contributed by atoms with E-state index >= 15 is 0 Å². The lowest BCUT2D eigenvalue weighted by atomic mass is 10.2. The van der Waals surface area contributed by atoms with Gasteiger partial charge in [-0.25, -0.2) is 9.37 Å². The molecule has 2 rings (SSSR count). The number of benzene rings is 1. The van der Waals surface area contributed by atoms with E-state index in [4.69, 9.17) is 16.2 Å². The molecular weight excluding hydrogens is 249 g/mol. The number of halogens is 1. The number of amides is 1. The van der Waals surface area contributed by atoms with Crippen molar-refractivity contribution in [1.82, 2.24) is 4.98 Å². The predicted molar refractivity (Wildman–Crippen MR) is 68.4 cm³/mol. The highest BCUT2D eigenvalue weighted by Crippen LogP contribution is 2.27. The average Bonchev–Trinajstić information content (AvgIpc) is 2.33. The van der Waals surface area contributed by atoms with Crippen molar-refractivity contribution in [2.24, 2.45) is 5.73 Å². The Morgan fingerprint density at radius 3 is 2.79 bits per heavy atom. The van der Waals surface area contributed by atoms with Crippen LogP contribution in [-0.2, 0) is 0 Å². The molecule has 0 aliphatic heterocycles. The van der Waals surface area contributed by atoms with Gasteiger partial charge in [-0.2, -0.15) is 0 Å². The number of carbonyl (C=O) groups excluding carboxylic acids is 1. The van der Waals surface area contributed by atoms with Gasteiger partial charge >= 0.3 is 0 Å². The van der Waals surface area contributed by atoms with Gasteiger partial charge < -0.3 is 16.2 Å². The molecule has 1 aromatic heterocycles. The molecule has 0 bridgehead atoms. The van der Waals surface area contributed by atoms with Crippen LogP contribution in [0.4, 0.5) is 10.1 Å². The predicted octanol–water partition coefficient (Wildman–Crippen LogP) is 2.00. The molecule has 1 aromatic carbocycles. The van der Waals surface area contributed by atoms with Gasteiger partial charge in [-0.05, 0) is 24.6 Å². The van der Waals surface area contributed by atoms with E-state index in [0.717, 1.165) is 11.6 Å². The fourth-order valence-electron chi connectivity index (χ4n) is 1.52. The first-order valence-electron chi connectivity index (χ1n) is 5.47. The van der Waals surface area contributed by atoms with E-state index in [2.05, 4.69) is 4.98 Å². The van der Waals surface area contributed by atoms with Crippen LogP contribution in [0.5, 0.6) is 11.6 Å². The van der Waals surface area contributed by atoms with Gasteiger partial charge in [0.2, 0.25) is 5.88 Å². The zero-order chi connectivity index (χ0) is 14.0. The first kappa shape index (κ1) is 12.8. The van der Waals surface area contributed by atoms with Crippen LogP contribution in [0.25, 0.3) is 0 Å². The maximum Gasteiger partial charge on any atom is 0.255 e. The number of nitrogens with zero attached hydrogens (tertiary/aromatic N) is 1. The lowest BCUT2D eigenvalue weighted by Crippen LogP contribution is -2.14. The van der Waals surface area contributed by atoms with E-state index in [-0.39, 0.29) is 17.2 Å². The van der Waals surface area contributed by atoms with Crippen molar-refractivity contribution >= 4 is 11.6 Å². The van der Waals surface area contributed by atoms with Crippen LogP contribution in [0.1, 0.15) is 15.9 Å². The fourth-order valence-corrected chi connectivity index (χ4v) is 1.52. The standard InChI is InChI=1S/C13H12FN3O2/c1-7-6-17-11(5-9(7)15)19-10-4-2-3-8(14)12(10)13(16)18/h2-6H,1H3,(H2,15,17)(H2,16,18). The first-order chi connectivity index (χ1) is 8.99. The lowest BCUT2D eigenvalue weighted by Gasteiger charge is -2.10. The minimum absolute atomic E-state index is 0.00301. The molecule has 5 nitrogen and oxygen atoms in total. The quantitative estimate of drug-likeness (QED) is 0.884. The summed E-state index contributed by atoms with van der Waals surface area (Å²) in [7, 11) is 0. The van der Waals surface area contributed by atoms with Crippen molar-refractivity contribution in [2.75, 3.05) is 5.73 Å². The highest BCUT2D eigenvalue weighted by molar-refractivity contribution is 5.96. The van der Waals surface area contributed by atoms with Gasteiger partial charge in [0, 0.05) is 18.0 Å². The molecule has 0 aliphatic rings. The Bertz CT molecular complexity index is 644. The molecule has 0 saturated carbocycles. The van der Waals surface area contributed by atoms with E-state index in [1.54, 1.807) is 6.92 Å². The third-order valence-electron chi connectivity index (χ3n) is 2.56. The van der Waals surface area contributed by atoms with Crippen molar-refractivity contribution < 1.29 is 13.9 Å². The summed E-state index contributed by atoms with van der Waals surface area (Å²) in [6.45, 7) is 1.79. The molecule has 0 fully saturated rings. The normalized spacial score (nSPS) is 10.2. The summed E-state index contributed by atoms with van der Waals surface area (Å²) in [5, 5.41) is 0. The van der Waals surface area contributed by atoms with Crippen LogP contribution in [0.2, 0.25) is 0 Å². The molecule has 98 valence electrons. The summed E-state index contributed by atoms with van der Waals surface area (Å²) in [4.78, 5) is 15.2. The molecule has 19 heavy (non-hydrogen) atoms. The summed E-state index contributed by atoms with van der Waals surface area (Å²) >= 11 is 0. The minimum atomic E-state index is -0.909. The van der Waals surface area contributed by atoms with E-state index in [0.29, 0.717) is 5.69 Å². The van der Waals surface area contributed by atoms with Crippen molar-refractivity contribution in [3.63, 3.8) is 0 Å². The number of ether oxygens (including phenoxy) is 1. The van der Waals surface area contributed by atoms with Crippen LogP contribution in [-0.4, -0.2) is 10.9 Å². The Morgan fingerprint density at radius 1 is 1.42 bits per heavy atom. The fraction of sp³-hybridized carbons (Fsp3) is 0.0769. The third kappa shape index (κ3) is 2.62. The van der Waals surface area contributed by atoms with Gasteiger partial charge in [0.05, 0.1) is 0 Å². The van der Waals surface area contributed by atoms with E-state index in [9.17, 15) is 9.18 Å². The molecule has 0 atom stereocenters. The van der Waals surface area contributed by atoms with Gasteiger partial charge in [0.25, 0.3) is 5.91 Å². The van der Waals surface area contributed by atoms with Gasteiger partial charge in [-0.3, -0.25) is 4.79 Å². The first-order valence-corrected chi connectivity index (χ1v) is 5.47. The van der Waals surface area contributed by atoms with Crippen molar-refractivity contribution in [2.45, 2.75) is 6.92 Å². The number of nitrogen functional groups attached to an aromatic ring is 1. The van der Waals surface area contributed by atoms with Crippen molar-refractivity contribution in [1.29, 1.82) is 0 Å². The maximum absolute atomic E-state index is 13.5. The maximum atomic E-state index is 13.5. The van der Waals surface area contributed by atoms with Crippen LogP contribution < -0.4 is 16.2 Å². The Balaban J connectivity index is 2.40. The number of aromatic nitrogens is 1. The highest BCUT2D eigenvalue weighted by Gasteiger charge is 2.16. The molecule has 0 unspecified atom stereocenters. The second-order valence-electron chi connectivity index (χ2n) is 3.96. The van der Waals surface area contributed by atoms with Crippen LogP contribution >= 0.6 is 0 Å². The van der Waals surface area contributed by atoms with Crippen molar-refractivity contribution in [3.05, 3.63) is 47.4 Å². The lowest BCUT2D eigenvalue weighted by molar-refractivity contribution is 0.0994. The molecule has 1 heterocycles. The number of anilines is 1. The van der Waals surface area contributed by atoms with Crippen LogP contribution in [0.15, 0.2) is 30.5 Å². The zero-order valence-electron chi connectivity index (χ0n) is 10.2.